The minimum Gasteiger partial charge on any atom is -0.396 e. The van der Waals surface area contributed by atoms with Crippen molar-refractivity contribution in [2.24, 2.45) is 0 Å². The lowest BCUT2D eigenvalue weighted by Gasteiger charge is -2.12. The van der Waals surface area contributed by atoms with E-state index in [1.54, 1.807) is 0 Å². The molecule has 4 nitrogen and oxygen atoms in total. The third kappa shape index (κ3) is 13.5. The Morgan fingerprint density at radius 2 is 1.14 bits per heavy atom. The van der Waals surface area contributed by atoms with Crippen LogP contribution in [0.2, 0.25) is 0 Å². The number of rotatable bonds is 16. The Morgan fingerprint density at radius 1 is 0.727 bits per heavy atom. The van der Waals surface area contributed by atoms with E-state index >= 15 is 0 Å². The summed E-state index contributed by atoms with van der Waals surface area (Å²) in [6.45, 7) is 2.05. The Balaban J connectivity index is 3.39. The van der Waals surface area contributed by atoms with E-state index in [-0.39, 0.29) is 13.0 Å². The predicted molar refractivity (Wildman–Crippen MR) is 92.7 cm³/mol. The van der Waals surface area contributed by atoms with Gasteiger partial charge in [0.1, 0.15) is 0 Å². The van der Waals surface area contributed by atoms with E-state index in [0.29, 0.717) is 6.42 Å². The van der Waals surface area contributed by atoms with E-state index in [1.807, 2.05) is 0 Å². The fourth-order valence-corrected chi connectivity index (χ4v) is 3.67. The van der Waals surface area contributed by atoms with E-state index in [4.69, 9.17) is 9.66 Å². The van der Waals surface area contributed by atoms with Crippen molar-refractivity contribution in [2.45, 2.75) is 102 Å². The summed E-state index contributed by atoms with van der Waals surface area (Å²) in [5.74, 6) is 0. The molecule has 0 aliphatic rings. The van der Waals surface area contributed by atoms with Gasteiger partial charge < -0.3 is 5.11 Å². The molecular formula is C17H36O4S. The molecule has 0 bridgehead atoms. The number of unbranched alkanes of at least 4 members (excludes halogenated alkanes) is 11. The summed E-state index contributed by atoms with van der Waals surface area (Å²) in [5.41, 5.74) is 0. The Labute approximate surface area is 137 Å². The summed E-state index contributed by atoms with van der Waals surface area (Å²) in [4.78, 5) is 0. The van der Waals surface area contributed by atoms with Crippen LogP contribution in [0.5, 0.6) is 0 Å². The van der Waals surface area contributed by atoms with E-state index in [0.717, 1.165) is 19.3 Å². The summed E-state index contributed by atoms with van der Waals surface area (Å²) >= 11 is 0. The van der Waals surface area contributed by atoms with Crippen molar-refractivity contribution in [1.82, 2.24) is 0 Å². The van der Waals surface area contributed by atoms with Crippen LogP contribution in [-0.2, 0) is 10.1 Å². The van der Waals surface area contributed by atoms with Crippen LogP contribution < -0.4 is 0 Å². The highest BCUT2D eigenvalue weighted by Crippen LogP contribution is 2.16. The molecule has 5 heteroatoms. The average Bonchev–Trinajstić information content (AvgIpc) is 2.46. The second kappa shape index (κ2) is 14.5. The molecule has 22 heavy (non-hydrogen) atoms. The largest absolute Gasteiger partial charge is 0.396 e. The molecular weight excluding hydrogens is 300 g/mol. The van der Waals surface area contributed by atoms with E-state index in [9.17, 15) is 8.42 Å². The summed E-state index contributed by atoms with van der Waals surface area (Å²) in [6.07, 6.45) is 15.4. The molecule has 0 fully saturated rings. The lowest BCUT2D eigenvalue weighted by Crippen LogP contribution is -2.21. The Bertz CT molecular complexity index is 328. The highest BCUT2D eigenvalue weighted by molar-refractivity contribution is 7.86. The van der Waals surface area contributed by atoms with Crippen molar-refractivity contribution in [2.75, 3.05) is 6.61 Å². The van der Waals surface area contributed by atoms with Crippen molar-refractivity contribution in [3.8, 4) is 0 Å². The van der Waals surface area contributed by atoms with Gasteiger partial charge in [0.05, 0.1) is 5.25 Å². The maximum absolute atomic E-state index is 11.1. The van der Waals surface area contributed by atoms with Gasteiger partial charge in [-0.15, -0.1) is 0 Å². The van der Waals surface area contributed by atoms with E-state index < -0.39 is 15.4 Å². The molecule has 0 aromatic carbocycles. The predicted octanol–water partition coefficient (Wildman–Crippen LogP) is 4.72. The van der Waals surface area contributed by atoms with Crippen LogP contribution in [0.1, 0.15) is 96.8 Å². The molecule has 0 spiro atoms. The molecule has 0 aromatic heterocycles. The second-order valence-corrected chi connectivity index (χ2v) is 8.02. The van der Waals surface area contributed by atoms with Crippen molar-refractivity contribution in [1.29, 1.82) is 0 Å². The monoisotopic (exact) mass is 336 g/mol. The van der Waals surface area contributed by atoms with Gasteiger partial charge in [0.2, 0.25) is 0 Å². The SMILES string of the molecule is CCCCCCCCCCCCCCC(CCO)S(=O)(=O)O. The van der Waals surface area contributed by atoms with Gasteiger partial charge in [0.25, 0.3) is 10.1 Å². The number of aliphatic hydroxyl groups excluding tert-OH is 1. The first-order valence-corrected chi connectivity index (χ1v) is 10.6. The molecule has 1 atom stereocenters. The molecule has 0 radical (unpaired) electrons. The van der Waals surface area contributed by atoms with E-state index in [1.165, 1.54) is 57.8 Å². The molecule has 0 heterocycles. The van der Waals surface area contributed by atoms with Gasteiger partial charge in [-0.2, -0.15) is 8.42 Å². The molecule has 2 N–H and O–H groups in total. The van der Waals surface area contributed by atoms with Gasteiger partial charge in [-0.25, -0.2) is 0 Å². The molecule has 0 saturated carbocycles. The normalized spacial score (nSPS) is 13.4. The average molecular weight is 337 g/mol. The fraction of sp³-hybridized carbons (Fsp3) is 1.00. The lowest BCUT2D eigenvalue weighted by atomic mass is 10.0. The minimum atomic E-state index is -4.00. The van der Waals surface area contributed by atoms with E-state index in [2.05, 4.69) is 6.92 Å². The standard InChI is InChI=1S/C17H36O4S/c1-2-3-4-5-6-7-8-9-10-11-12-13-14-17(15-16-18)22(19,20)21/h17-18H,2-16H2,1H3,(H,19,20,21). The van der Waals surface area contributed by atoms with Gasteiger partial charge in [-0.05, 0) is 12.8 Å². The van der Waals surface area contributed by atoms with Crippen LogP contribution >= 0.6 is 0 Å². The third-order valence-corrected chi connectivity index (χ3v) is 5.57. The zero-order chi connectivity index (χ0) is 16.7. The summed E-state index contributed by atoms with van der Waals surface area (Å²) in [6, 6.07) is 0. The molecule has 0 rings (SSSR count). The number of hydrogen-bond donors (Lipinski definition) is 2. The topological polar surface area (TPSA) is 74.6 Å². The molecule has 1 unspecified atom stereocenters. The summed E-state index contributed by atoms with van der Waals surface area (Å²) < 4.78 is 31.2. The zero-order valence-corrected chi connectivity index (χ0v) is 15.1. The molecule has 0 aliphatic carbocycles. The molecule has 0 aliphatic heterocycles. The van der Waals surface area contributed by atoms with Gasteiger partial charge in [0.15, 0.2) is 0 Å². The molecule has 0 amide bonds. The zero-order valence-electron chi connectivity index (χ0n) is 14.3. The fourth-order valence-electron chi connectivity index (χ4n) is 2.80. The maximum Gasteiger partial charge on any atom is 0.267 e. The Hall–Kier alpha value is -0.130. The number of hydrogen-bond acceptors (Lipinski definition) is 3. The first-order chi connectivity index (χ1) is 10.5. The number of aliphatic hydroxyl groups is 1. The van der Waals surface area contributed by atoms with Crippen LogP contribution in [0.25, 0.3) is 0 Å². The van der Waals surface area contributed by atoms with Crippen molar-refractivity contribution in [3.05, 3.63) is 0 Å². The van der Waals surface area contributed by atoms with Crippen LogP contribution in [0, 0.1) is 0 Å². The minimum absolute atomic E-state index is 0.136. The van der Waals surface area contributed by atoms with Crippen molar-refractivity contribution >= 4 is 10.1 Å². The first-order valence-electron chi connectivity index (χ1n) is 9.09. The quantitative estimate of drug-likeness (QED) is 0.316. The smallest absolute Gasteiger partial charge is 0.267 e. The van der Waals surface area contributed by atoms with Gasteiger partial charge >= 0.3 is 0 Å². The lowest BCUT2D eigenvalue weighted by molar-refractivity contribution is 0.279. The molecule has 0 saturated heterocycles. The highest BCUT2D eigenvalue weighted by atomic mass is 32.2. The second-order valence-electron chi connectivity index (χ2n) is 6.33. The molecule has 0 aromatic rings. The van der Waals surface area contributed by atoms with Crippen LogP contribution in [0.3, 0.4) is 0 Å². The summed E-state index contributed by atoms with van der Waals surface area (Å²) in [5, 5.41) is 8.02. The maximum atomic E-state index is 11.1. The van der Waals surface area contributed by atoms with Crippen molar-refractivity contribution in [3.63, 3.8) is 0 Å². The van der Waals surface area contributed by atoms with Crippen molar-refractivity contribution < 1.29 is 18.1 Å². The molecule has 134 valence electrons. The van der Waals surface area contributed by atoms with Gasteiger partial charge in [0, 0.05) is 6.61 Å². The van der Waals surface area contributed by atoms with Crippen LogP contribution in [0.15, 0.2) is 0 Å². The van der Waals surface area contributed by atoms with Gasteiger partial charge in [-0.1, -0.05) is 84.0 Å². The van der Waals surface area contributed by atoms with Gasteiger partial charge in [-0.3, -0.25) is 4.55 Å². The third-order valence-electron chi connectivity index (χ3n) is 4.25. The summed E-state index contributed by atoms with van der Waals surface area (Å²) in [7, 11) is -4.00. The highest BCUT2D eigenvalue weighted by Gasteiger charge is 2.21. The Morgan fingerprint density at radius 3 is 1.50 bits per heavy atom. The first kappa shape index (κ1) is 21.9. The Kier molecular flexibility index (Phi) is 14.4. The van der Waals surface area contributed by atoms with Crippen LogP contribution in [-0.4, -0.2) is 29.9 Å². The van der Waals surface area contributed by atoms with Crippen LogP contribution in [0.4, 0.5) is 0 Å².